The summed E-state index contributed by atoms with van der Waals surface area (Å²) in [5.41, 5.74) is 2.62. The van der Waals surface area contributed by atoms with Crippen molar-refractivity contribution in [2.45, 2.75) is 0 Å². The molecule has 1 aliphatic heterocycles. The van der Waals surface area contributed by atoms with Crippen molar-refractivity contribution in [1.29, 1.82) is 0 Å². The fraction of sp³-hybridized carbons (Fsp3) is 0.214. The lowest BCUT2D eigenvalue weighted by Crippen LogP contribution is -2.44. The Morgan fingerprint density at radius 2 is 1.60 bits per heavy atom. The Labute approximate surface area is 204 Å². The van der Waals surface area contributed by atoms with E-state index in [0.29, 0.717) is 27.8 Å². The summed E-state index contributed by atoms with van der Waals surface area (Å²) in [7, 11) is 3.70. The summed E-state index contributed by atoms with van der Waals surface area (Å²) in [5.74, 6) is 0.370. The first-order valence-corrected chi connectivity index (χ1v) is 11.7. The zero-order valence-electron chi connectivity index (χ0n) is 19.9. The fourth-order valence-electron chi connectivity index (χ4n) is 4.52. The molecule has 0 radical (unpaired) electrons. The van der Waals surface area contributed by atoms with Gasteiger partial charge in [0.25, 0.3) is 11.5 Å². The smallest absolute Gasteiger partial charge is 0.262 e. The summed E-state index contributed by atoms with van der Waals surface area (Å²) >= 11 is 0. The van der Waals surface area contributed by atoms with Crippen LogP contribution in [0, 0.1) is 0 Å². The number of hydrogen-bond acceptors (Lipinski definition) is 5. The van der Waals surface area contributed by atoms with Crippen molar-refractivity contribution < 1.29 is 9.53 Å². The Bertz CT molecular complexity index is 1440. The third-order valence-electron chi connectivity index (χ3n) is 6.50. The van der Waals surface area contributed by atoms with E-state index in [1.165, 1.54) is 4.57 Å². The minimum atomic E-state index is -0.264. The van der Waals surface area contributed by atoms with Gasteiger partial charge in [-0.15, -0.1) is 0 Å². The highest BCUT2D eigenvalue weighted by Crippen LogP contribution is 2.28. The minimum absolute atomic E-state index is 0.191. The molecule has 4 aromatic rings. The van der Waals surface area contributed by atoms with Crippen LogP contribution in [0.3, 0.4) is 0 Å². The first-order chi connectivity index (χ1) is 17.0. The van der Waals surface area contributed by atoms with Gasteiger partial charge in [-0.1, -0.05) is 36.4 Å². The van der Waals surface area contributed by atoms with E-state index >= 15 is 0 Å². The topological polar surface area (TPSA) is 66.8 Å². The van der Waals surface area contributed by atoms with E-state index in [1.807, 2.05) is 60.7 Å². The van der Waals surface area contributed by atoms with Crippen molar-refractivity contribution in [3.05, 3.63) is 94.9 Å². The Morgan fingerprint density at radius 1 is 0.886 bits per heavy atom. The standard InChI is InChI=1S/C28H28N4O3/c1-30-14-16-31(17-15-30)26-13-6-5-12-25(26)29-27(33)24-19-32(20-8-7-9-21(18-20)35-2)28(34)23-11-4-3-10-22(23)24/h3-13,18-19H,14-17H2,1-2H3,(H,29,33). The molecule has 35 heavy (non-hydrogen) atoms. The van der Waals surface area contributed by atoms with Crippen LogP contribution >= 0.6 is 0 Å². The fourth-order valence-corrected chi connectivity index (χ4v) is 4.52. The molecule has 1 aromatic heterocycles. The minimum Gasteiger partial charge on any atom is -0.497 e. The molecule has 5 rings (SSSR count). The molecule has 1 N–H and O–H groups in total. The summed E-state index contributed by atoms with van der Waals surface area (Å²) in [6.07, 6.45) is 1.62. The molecule has 1 fully saturated rings. The third kappa shape index (κ3) is 4.50. The summed E-state index contributed by atoms with van der Waals surface area (Å²) in [6, 6.07) is 22.3. The molecule has 0 bridgehead atoms. The Balaban J connectivity index is 1.56. The quantitative estimate of drug-likeness (QED) is 0.480. The number of methoxy groups -OCH3 is 1. The second-order valence-corrected chi connectivity index (χ2v) is 8.73. The molecule has 0 unspecified atom stereocenters. The Kier molecular flexibility index (Phi) is 6.25. The molecule has 0 saturated carbocycles. The van der Waals surface area contributed by atoms with E-state index in [2.05, 4.69) is 22.2 Å². The van der Waals surface area contributed by atoms with Crippen LogP contribution in [0.25, 0.3) is 16.5 Å². The van der Waals surface area contributed by atoms with Crippen molar-refractivity contribution >= 4 is 28.1 Å². The predicted octanol–water partition coefficient (Wildman–Crippen LogP) is 4.00. The maximum absolute atomic E-state index is 13.7. The van der Waals surface area contributed by atoms with Gasteiger partial charge in [0.1, 0.15) is 5.75 Å². The Morgan fingerprint density at radius 3 is 2.37 bits per heavy atom. The predicted molar refractivity (Wildman–Crippen MR) is 140 cm³/mol. The van der Waals surface area contributed by atoms with Gasteiger partial charge in [0.05, 0.1) is 29.7 Å². The molecule has 1 amide bonds. The number of amides is 1. The second kappa shape index (κ2) is 9.64. The number of anilines is 2. The van der Waals surface area contributed by atoms with Gasteiger partial charge in [0, 0.05) is 49.2 Å². The van der Waals surface area contributed by atoms with Crippen LogP contribution in [-0.4, -0.2) is 55.7 Å². The first-order valence-electron chi connectivity index (χ1n) is 11.7. The molecular weight excluding hydrogens is 440 g/mol. The summed E-state index contributed by atoms with van der Waals surface area (Å²) in [5, 5.41) is 4.21. The number of benzene rings is 3. The zero-order chi connectivity index (χ0) is 24.4. The molecule has 2 heterocycles. The van der Waals surface area contributed by atoms with E-state index in [0.717, 1.165) is 37.6 Å². The number of para-hydroxylation sites is 2. The van der Waals surface area contributed by atoms with E-state index in [9.17, 15) is 9.59 Å². The molecule has 0 atom stereocenters. The van der Waals surface area contributed by atoms with Gasteiger partial charge in [-0.05, 0) is 37.4 Å². The van der Waals surface area contributed by atoms with Gasteiger partial charge < -0.3 is 19.9 Å². The molecule has 0 spiro atoms. The lowest BCUT2D eigenvalue weighted by Gasteiger charge is -2.35. The number of nitrogens with one attached hydrogen (secondary N) is 1. The molecule has 1 aliphatic rings. The third-order valence-corrected chi connectivity index (χ3v) is 6.50. The zero-order valence-corrected chi connectivity index (χ0v) is 19.9. The molecule has 0 aliphatic carbocycles. The monoisotopic (exact) mass is 468 g/mol. The number of likely N-dealkylation sites (N-methyl/N-ethyl adjacent to an activating group) is 1. The van der Waals surface area contributed by atoms with Crippen LogP contribution in [0.1, 0.15) is 10.4 Å². The molecule has 1 saturated heterocycles. The van der Waals surface area contributed by atoms with Crippen molar-refractivity contribution in [1.82, 2.24) is 9.47 Å². The van der Waals surface area contributed by atoms with Crippen molar-refractivity contribution in [3.63, 3.8) is 0 Å². The number of carbonyl (C=O) groups is 1. The first kappa shape index (κ1) is 22.7. The van der Waals surface area contributed by atoms with Gasteiger partial charge in [-0.3, -0.25) is 14.2 Å². The molecular formula is C28H28N4O3. The highest BCUT2D eigenvalue weighted by Gasteiger charge is 2.20. The summed E-state index contributed by atoms with van der Waals surface area (Å²) < 4.78 is 6.84. The number of rotatable bonds is 5. The number of pyridine rings is 1. The number of ether oxygens (including phenoxy) is 1. The van der Waals surface area contributed by atoms with E-state index < -0.39 is 0 Å². The molecule has 7 nitrogen and oxygen atoms in total. The van der Waals surface area contributed by atoms with Crippen LogP contribution in [0.4, 0.5) is 11.4 Å². The number of fused-ring (bicyclic) bond motifs is 1. The lowest BCUT2D eigenvalue weighted by atomic mass is 10.1. The van der Waals surface area contributed by atoms with Crippen LogP contribution in [-0.2, 0) is 0 Å². The number of nitrogens with zero attached hydrogens (tertiary/aromatic N) is 3. The van der Waals surface area contributed by atoms with Gasteiger partial charge in [-0.25, -0.2) is 0 Å². The summed E-state index contributed by atoms with van der Waals surface area (Å²) in [6.45, 7) is 3.73. The second-order valence-electron chi connectivity index (χ2n) is 8.73. The lowest BCUT2D eigenvalue weighted by molar-refractivity contribution is 0.102. The van der Waals surface area contributed by atoms with Crippen LogP contribution in [0.15, 0.2) is 83.8 Å². The summed E-state index contributed by atoms with van der Waals surface area (Å²) in [4.78, 5) is 31.6. The van der Waals surface area contributed by atoms with Gasteiger partial charge in [-0.2, -0.15) is 0 Å². The normalized spacial score (nSPS) is 14.2. The van der Waals surface area contributed by atoms with Crippen LogP contribution in [0.5, 0.6) is 5.75 Å². The SMILES string of the molecule is COc1cccc(-n2cc(C(=O)Nc3ccccc3N3CCN(C)CC3)c3ccccc3c2=O)c1. The van der Waals surface area contributed by atoms with Gasteiger partial charge >= 0.3 is 0 Å². The number of piperazine rings is 1. The van der Waals surface area contributed by atoms with Crippen LogP contribution in [0.2, 0.25) is 0 Å². The van der Waals surface area contributed by atoms with E-state index in [1.54, 1.807) is 25.4 Å². The highest BCUT2D eigenvalue weighted by molar-refractivity contribution is 6.13. The number of hydrogen-bond donors (Lipinski definition) is 1. The van der Waals surface area contributed by atoms with Gasteiger partial charge in [0.2, 0.25) is 0 Å². The number of carbonyl (C=O) groups excluding carboxylic acids is 1. The van der Waals surface area contributed by atoms with Crippen molar-refractivity contribution in [2.24, 2.45) is 0 Å². The average molecular weight is 469 g/mol. The average Bonchev–Trinajstić information content (AvgIpc) is 2.90. The van der Waals surface area contributed by atoms with E-state index in [-0.39, 0.29) is 11.5 Å². The molecule has 178 valence electrons. The van der Waals surface area contributed by atoms with Crippen LogP contribution < -0.4 is 20.5 Å². The van der Waals surface area contributed by atoms with Crippen molar-refractivity contribution in [2.75, 3.05) is 50.6 Å². The van der Waals surface area contributed by atoms with Gasteiger partial charge in [0.15, 0.2) is 0 Å². The molecule has 7 heteroatoms. The van der Waals surface area contributed by atoms with Crippen molar-refractivity contribution in [3.8, 4) is 11.4 Å². The highest BCUT2D eigenvalue weighted by atomic mass is 16.5. The Hall–Kier alpha value is -4.10. The maximum atomic E-state index is 13.7. The number of aromatic nitrogens is 1. The largest absolute Gasteiger partial charge is 0.497 e. The van der Waals surface area contributed by atoms with E-state index in [4.69, 9.17) is 4.74 Å². The molecule has 3 aromatic carbocycles. The maximum Gasteiger partial charge on any atom is 0.262 e.